The Morgan fingerprint density at radius 2 is 1.83 bits per heavy atom. The van der Waals surface area contributed by atoms with Crippen LogP contribution in [-0.2, 0) is 23.4 Å². The topological polar surface area (TPSA) is 81.7 Å². The van der Waals surface area contributed by atoms with Crippen LogP contribution in [0.15, 0.2) is 66.7 Å². The highest BCUT2D eigenvalue weighted by molar-refractivity contribution is 6.33. The van der Waals surface area contributed by atoms with Crippen LogP contribution in [-0.4, -0.2) is 48.5 Å². The lowest BCUT2D eigenvalue weighted by atomic mass is 9.72. The number of aryl methyl sites for hydroxylation is 1. The van der Waals surface area contributed by atoms with Crippen LogP contribution in [0, 0.1) is 5.92 Å². The van der Waals surface area contributed by atoms with Crippen LogP contribution < -0.4 is 10.6 Å². The molecule has 3 aromatic rings. The molecule has 0 spiro atoms. The van der Waals surface area contributed by atoms with E-state index in [1.807, 2.05) is 66.5 Å². The molecule has 2 unspecified atom stereocenters. The molecule has 4 rings (SSSR count). The maximum absolute atomic E-state index is 13.6. The van der Waals surface area contributed by atoms with Crippen molar-refractivity contribution in [2.24, 2.45) is 5.92 Å². The van der Waals surface area contributed by atoms with E-state index in [4.69, 9.17) is 11.6 Å². The summed E-state index contributed by atoms with van der Waals surface area (Å²) in [7, 11) is 1.90. The molecule has 2 amide bonds. The molecular formula is C34H42ClN3O3. The van der Waals surface area contributed by atoms with Gasteiger partial charge in [0.05, 0.1) is 5.60 Å². The van der Waals surface area contributed by atoms with Gasteiger partial charge in [-0.2, -0.15) is 0 Å². The molecule has 218 valence electrons. The molecule has 0 aromatic heterocycles. The van der Waals surface area contributed by atoms with E-state index in [1.165, 1.54) is 12.5 Å². The third-order valence-electron chi connectivity index (χ3n) is 8.18. The summed E-state index contributed by atoms with van der Waals surface area (Å²) in [4.78, 5) is 27.0. The smallest absolute Gasteiger partial charge is 0.253 e. The minimum absolute atomic E-state index is 0.0201. The van der Waals surface area contributed by atoms with Gasteiger partial charge in [-0.3, -0.25) is 9.59 Å². The Morgan fingerprint density at radius 3 is 2.54 bits per heavy atom. The van der Waals surface area contributed by atoms with Crippen molar-refractivity contribution >= 4 is 23.4 Å². The Bertz CT molecular complexity index is 1340. The van der Waals surface area contributed by atoms with E-state index in [-0.39, 0.29) is 17.7 Å². The van der Waals surface area contributed by atoms with Crippen LogP contribution in [0.2, 0.25) is 5.02 Å². The van der Waals surface area contributed by atoms with Gasteiger partial charge in [0, 0.05) is 55.2 Å². The fraction of sp³-hybridized carbons (Fsp3) is 0.412. The van der Waals surface area contributed by atoms with Crippen molar-refractivity contribution in [2.45, 2.75) is 58.1 Å². The lowest BCUT2D eigenvalue weighted by molar-refractivity contribution is -0.119. The summed E-state index contributed by atoms with van der Waals surface area (Å²) in [5.74, 6) is -0.315. The van der Waals surface area contributed by atoms with E-state index in [9.17, 15) is 14.7 Å². The van der Waals surface area contributed by atoms with Crippen LogP contribution >= 0.6 is 11.6 Å². The number of benzene rings is 3. The summed E-state index contributed by atoms with van der Waals surface area (Å²) >= 11 is 6.86. The Hall–Kier alpha value is -3.19. The van der Waals surface area contributed by atoms with Gasteiger partial charge in [0.25, 0.3) is 5.91 Å². The number of amides is 2. The molecule has 0 radical (unpaired) electrons. The zero-order valence-electron chi connectivity index (χ0n) is 24.4. The van der Waals surface area contributed by atoms with E-state index >= 15 is 0 Å². The number of carbonyl (C=O) groups is 2. The van der Waals surface area contributed by atoms with Crippen molar-refractivity contribution < 1.29 is 14.7 Å². The van der Waals surface area contributed by atoms with Crippen LogP contribution in [0.1, 0.15) is 66.6 Å². The number of hydrogen-bond donors (Lipinski definition) is 3. The fourth-order valence-electron chi connectivity index (χ4n) is 6.01. The van der Waals surface area contributed by atoms with Crippen LogP contribution in [0.5, 0.6) is 0 Å². The first kappa shape index (κ1) is 30.8. The summed E-state index contributed by atoms with van der Waals surface area (Å²) in [6, 6.07) is 21.7. The third-order valence-corrected chi connectivity index (χ3v) is 8.49. The summed E-state index contributed by atoms with van der Waals surface area (Å²) in [6.45, 7) is 5.91. The molecule has 6 nitrogen and oxygen atoms in total. The second-order valence-corrected chi connectivity index (χ2v) is 11.5. The van der Waals surface area contributed by atoms with Crippen molar-refractivity contribution in [2.75, 3.05) is 26.7 Å². The highest BCUT2D eigenvalue weighted by Gasteiger charge is 2.43. The van der Waals surface area contributed by atoms with Gasteiger partial charge in [-0.1, -0.05) is 67.1 Å². The molecule has 7 heteroatoms. The number of halogens is 1. The summed E-state index contributed by atoms with van der Waals surface area (Å²) in [6.07, 6.45) is 3.49. The second-order valence-electron chi connectivity index (χ2n) is 11.0. The van der Waals surface area contributed by atoms with E-state index in [2.05, 4.69) is 29.7 Å². The molecule has 0 aliphatic carbocycles. The zero-order chi connectivity index (χ0) is 29.4. The number of nitrogens with one attached hydrogen (secondary N) is 2. The minimum atomic E-state index is -1.25. The number of carbonyl (C=O) groups excluding carboxylic acids is 2. The Balaban J connectivity index is 1.69. The van der Waals surface area contributed by atoms with Gasteiger partial charge in [-0.15, -0.1) is 0 Å². The summed E-state index contributed by atoms with van der Waals surface area (Å²) < 4.78 is 0. The highest BCUT2D eigenvalue weighted by Crippen LogP contribution is 2.45. The molecule has 3 aromatic carbocycles. The minimum Gasteiger partial charge on any atom is -0.385 e. The highest BCUT2D eigenvalue weighted by atomic mass is 35.5. The molecule has 0 saturated carbocycles. The Labute approximate surface area is 249 Å². The number of likely N-dealkylation sites (tertiary alicyclic amines) is 1. The first-order chi connectivity index (χ1) is 19.8. The van der Waals surface area contributed by atoms with Gasteiger partial charge >= 0.3 is 0 Å². The van der Waals surface area contributed by atoms with E-state index < -0.39 is 5.60 Å². The van der Waals surface area contributed by atoms with E-state index in [1.54, 1.807) is 0 Å². The van der Waals surface area contributed by atoms with Gasteiger partial charge in [-0.25, -0.2) is 0 Å². The largest absolute Gasteiger partial charge is 0.385 e. The average Bonchev–Trinajstić information content (AvgIpc) is 2.99. The van der Waals surface area contributed by atoms with E-state index in [0.717, 1.165) is 48.1 Å². The maximum atomic E-state index is 13.6. The lowest BCUT2D eigenvalue weighted by Crippen LogP contribution is -2.48. The molecule has 3 N–H and O–H groups in total. The molecular weight excluding hydrogens is 534 g/mol. The number of piperidine rings is 1. The predicted octanol–water partition coefficient (Wildman–Crippen LogP) is 5.95. The molecule has 1 fully saturated rings. The van der Waals surface area contributed by atoms with Crippen molar-refractivity contribution in [3.8, 4) is 11.1 Å². The Morgan fingerprint density at radius 1 is 1.07 bits per heavy atom. The van der Waals surface area contributed by atoms with Crippen molar-refractivity contribution in [1.82, 2.24) is 15.5 Å². The first-order valence-corrected chi connectivity index (χ1v) is 15.0. The molecule has 1 aliphatic rings. The molecule has 1 saturated heterocycles. The van der Waals surface area contributed by atoms with Gasteiger partial charge in [0.2, 0.25) is 5.91 Å². The number of hydrogen-bond acceptors (Lipinski definition) is 4. The number of nitrogens with zero attached hydrogens (tertiary/aromatic N) is 1. The quantitative estimate of drug-likeness (QED) is 0.247. The molecule has 1 heterocycles. The van der Waals surface area contributed by atoms with Gasteiger partial charge < -0.3 is 20.6 Å². The van der Waals surface area contributed by atoms with Crippen molar-refractivity contribution in [3.05, 3.63) is 94.0 Å². The van der Waals surface area contributed by atoms with Crippen molar-refractivity contribution in [3.63, 3.8) is 0 Å². The normalized spacial score (nSPS) is 16.7. The average molecular weight is 576 g/mol. The van der Waals surface area contributed by atoms with Crippen LogP contribution in [0.25, 0.3) is 11.1 Å². The molecule has 41 heavy (non-hydrogen) atoms. The molecule has 2 atom stereocenters. The summed E-state index contributed by atoms with van der Waals surface area (Å²) in [5, 5.41) is 19.3. The summed E-state index contributed by atoms with van der Waals surface area (Å²) in [5.41, 5.74) is 4.28. The number of rotatable bonds is 11. The van der Waals surface area contributed by atoms with Gasteiger partial charge in [0.15, 0.2) is 0 Å². The van der Waals surface area contributed by atoms with E-state index in [0.29, 0.717) is 43.1 Å². The predicted molar refractivity (Wildman–Crippen MR) is 166 cm³/mol. The number of aliphatic hydroxyl groups is 1. The standard InChI is InChI=1S/C34H42ClN3O3/c1-4-25-9-5-10-28(21-25)32-30(12-6-13-31(32)35)34(41,18-8-19-37-24(2)39)29-11-7-20-38(23-29)33(40)27-16-14-26(15-17-27)22-36-3/h5-6,9-10,12-17,21,29,36,41H,4,7-8,11,18-20,22-23H2,1-3H3,(H,37,39). The van der Waals surface area contributed by atoms with Crippen molar-refractivity contribution in [1.29, 1.82) is 0 Å². The third kappa shape index (κ3) is 7.37. The molecule has 0 bridgehead atoms. The zero-order valence-corrected chi connectivity index (χ0v) is 25.1. The fourth-order valence-corrected chi connectivity index (χ4v) is 6.29. The van der Waals surface area contributed by atoms with Gasteiger partial charge in [-0.05, 0) is 79.6 Å². The van der Waals surface area contributed by atoms with Crippen LogP contribution in [0.3, 0.4) is 0 Å². The first-order valence-electron chi connectivity index (χ1n) is 14.6. The SMILES string of the molecule is CCc1cccc(-c2c(Cl)cccc2C(O)(CCCNC(C)=O)C2CCCN(C(=O)c3ccc(CNC)cc3)C2)c1. The molecule has 1 aliphatic heterocycles. The Kier molecular flexibility index (Phi) is 10.6. The monoisotopic (exact) mass is 575 g/mol. The van der Waals surface area contributed by atoms with Crippen LogP contribution in [0.4, 0.5) is 0 Å². The van der Waals surface area contributed by atoms with Gasteiger partial charge in [0.1, 0.15) is 0 Å². The maximum Gasteiger partial charge on any atom is 0.253 e. The lowest BCUT2D eigenvalue weighted by Gasteiger charge is -2.44. The second kappa shape index (κ2) is 14.1.